The van der Waals surface area contributed by atoms with Crippen LogP contribution in [0.4, 0.5) is 5.69 Å². The normalized spacial score (nSPS) is 15.0. The Kier molecular flexibility index (Phi) is 21.8. The summed E-state index contributed by atoms with van der Waals surface area (Å²) >= 11 is 0. The van der Waals surface area contributed by atoms with Crippen LogP contribution in [-0.2, 0) is 0 Å². The molecule has 1 aromatic heterocycles. The van der Waals surface area contributed by atoms with E-state index in [0.29, 0.717) is 0 Å². The van der Waals surface area contributed by atoms with Crippen molar-refractivity contribution in [2.24, 2.45) is 5.92 Å². The van der Waals surface area contributed by atoms with Crippen molar-refractivity contribution in [3.8, 4) is 5.69 Å². The van der Waals surface area contributed by atoms with Crippen molar-refractivity contribution in [2.45, 2.75) is 99.8 Å². The molecular weight excluding hydrogens is 478 g/mol. The minimum absolute atomic E-state index is 0.779. The number of allylic oxidation sites excluding steroid dienone is 2. The van der Waals surface area contributed by atoms with Gasteiger partial charge in [-0.05, 0) is 81.8 Å². The molecule has 0 radical (unpaired) electrons. The first kappa shape index (κ1) is 36.5. The van der Waals surface area contributed by atoms with Gasteiger partial charge >= 0.3 is 0 Å². The lowest BCUT2D eigenvalue weighted by atomic mass is 10.00. The van der Waals surface area contributed by atoms with Crippen molar-refractivity contribution in [3.05, 3.63) is 60.6 Å². The van der Waals surface area contributed by atoms with Crippen LogP contribution in [0.3, 0.4) is 0 Å². The van der Waals surface area contributed by atoms with Gasteiger partial charge in [-0.1, -0.05) is 73.1 Å². The molecule has 0 amide bonds. The van der Waals surface area contributed by atoms with Crippen LogP contribution in [0.25, 0.3) is 5.69 Å². The minimum Gasteiger partial charge on any atom is -0.386 e. The summed E-state index contributed by atoms with van der Waals surface area (Å²) in [5, 5.41) is 11.5. The van der Waals surface area contributed by atoms with E-state index in [9.17, 15) is 0 Å². The summed E-state index contributed by atoms with van der Waals surface area (Å²) in [5.41, 5.74) is 3.65. The lowest BCUT2D eigenvalue weighted by molar-refractivity contribution is 0.183. The zero-order chi connectivity index (χ0) is 29.5. The SMILES string of the molecule is CC.CC.CC/C=C(\CCCC)N(C)C(=N)CCCN1CCCC(C)C1.CNc1ccccc1-n1cccc1. The molecule has 2 heterocycles. The third-order valence-electron chi connectivity index (χ3n) is 6.75. The summed E-state index contributed by atoms with van der Waals surface area (Å²) < 4.78 is 2.09. The fourth-order valence-corrected chi connectivity index (χ4v) is 4.71. The van der Waals surface area contributed by atoms with Gasteiger partial charge in [0.1, 0.15) is 0 Å². The van der Waals surface area contributed by atoms with Crippen LogP contribution in [0.1, 0.15) is 99.8 Å². The Morgan fingerprint density at radius 2 is 1.69 bits per heavy atom. The first-order valence-electron chi connectivity index (χ1n) is 15.6. The van der Waals surface area contributed by atoms with Crippen LogP contribution in [0.5, 0.6) is 0 Å². The molecule has 1 saturated heterocycles. The number of aromatic nitrogens is 1. The predicted octanol–water partition coefficient (Wildman–Crippen LogP) is 9.46. The molecule has 0 bridgehead atoms. The molecule has 0 aliphatic carbocycles. The monoisotopic (exact) mass is 539 g/mol. The second-order valence-electron chi connectivity index (χ2n) is 9.72. The van der Waals surface area contributed by atoms with Crippen molar-refractivity contribution in [1.82, 2.24) is 14.4 Å². The average Bonchev–Trinajstić information content (AvgIpc) is 3.52. The third-order valence-corrected chi connectivity index (χ3v) is 6.75. The van der Waals surface area contributed by atoms with Crippen LogP contribution in [0, 0.1) is 11.3 Å². The number of likely N-dealkylation sites (tertiary alicyclic amines) is 1. The molecule has 1 aliphatic heterocycles. The fraction of sp³-hybridized carbons (Fsp3) is 0.618. The molecule has 0 saturated carbocycles. The van der Waals surface area contributed by atoms with Gasteiger partial charge in [0.25, 0.3) is 0 Å². The van der Waals surface area contributed by atoms with Gasteiger partial charge in [0, 0.05) is 45.2 Å². The number of para-hydroxylation sites is 2. The van der Waals surface area contributed by atoms with Crippen LogP contribution in [0.15, 0.2) is 60.6 Å². The number of anilines is 1. The Hall–Kier alpha value is -2.53. The average molecular weight is 540 g/mol. The Bertz CT molecular complexity index is 871. The zero-order valence-corrected chi connectivity index (χ0v) is 26.9. The summed E-state index contributed by atoms with van der Waals surface area (Å²) in [7, 11) is 4.00. The largest absolute Gasteiger partial charge is 0.386 e. The summed E-state index contributed by atoms with van der Waals surface area (Å²) in [4.78, 5) is 4.71. The van der Waals surface area contributed by atoms with E-state index in [1.807, 2.05) is 71.4 Å². The van der Waals surface area contributed by atoms with Gasteiger partial charge in [0.2, 0.25) is 0 Å². The molecule has 5 nitrogen and oxygen atoms in total. The molecule has 222 valence electrons. The van der Waals surface area contributed by atoms with Crippen LogP contribution < -0.4 is 5.32 Å². The molecule has 5 heteroatoms. The standard InChI is InChI=1S/C19H37N3.C11H12N2.2C2H6/c1-5-7-12-18(10-6-2)21(4)19(20)13-9-15-22-14-8-11-17(3)16-22;1-12-10-6-2-3-7-11(10)13-8-4-5-9-13;2*1-2/h10,17,20H,5-9,11-16H2,1-4H3;2-9,12H,1H3;2*1-2H3/b18-10+,20-19?;;;. The van der Waals surface area contributed by atoms with E-state index in [2.05, 4.69) is 65.7 Å². The molecule has 1 aromatic carbocycles. The van der Waals surface area contributed by atoms with E-state index >= 15 is 0 Å². The summed E-state index contributed by atoms with van der Waals surface area (Å²) in [6.07, 6.45) is 15.7. The van der Waals surface area contributed by atoms with E-state index < -0.39 is 0 Å². The number of nitrogens with zero attached hydrogens (tertiary/aromatic N) is 3. The van der Waals surface area contributed by atoms with Crippen molar-refractivity contribution < 1.29 is 0 Å². The van der Waals surface area contributed by atoms with Gasteiger partial charge in [-0.15, -0.1) is 0 Å². The Morgan fingerprint density at radius 1 is 1.03 bits per heavy atom. The van der Waals surface area contributed by atoms with Crippen LogP contribution in [-0.4, -0.2) is 53.9 Å². The lowest BCUT2D eigenvalue weighted by Crippen LogP contribution is -2.35. The zero-order valence-electron chi connectivity index (χ0n) is 26.9. The second kappa shape index (κ2) is 23.4. The molecule has 3 rings (SSSR count). The minimum atomic E-state index is 0.779. The van der Waals surface area contributed by atoms with Gasteiger partial charge in [-0.3, -0.25) is 5.41 Å². The smallest absolute Gasteiger partial charge is 0.0997 e. The highest BCUT2D eigenvalue weighted by Gasteiger charge is 2.16. The van der Waals surface area contributed by atoms with E-state index in [-0.39, 0.29) is 0 Å². The molecule has 1 aliphatic rings. The maximum absolute atomic E-state index is 8.36. The number of rotatable bonds is 11. The highest BCUT2D eigenvalue weighted by Crippen LogP contribution is 2.19. The van der Waals surface area contributed by atoms with Crippen LogP contribution in [0.2, 0.25) is 0 Å². The molecular formula is C34H61N5. The Labute approximate surface area is 242 Å². The number of hydrogen-bond acceptors (Lipinski definition) is 3. The molecule has 1 unspecified atom stereocenters. The van der Waals surface area contributed by atoms with Gasteiger partial charge in [0.05, 0.1) is 17.2 Å². The number of unbranched alkanes of at least 4 members (excludes halogenated alkanes) is 1. The predicted molar refractivity (Wildman–Crippen MR) is 175 cm³/mol. The molecule has 1 fully saturated rings. The number of hydrogen-bond donors (Lipinski definition) is 2. The maximum atomic E-state index is 8.36. The first-order chi connectivity index (χ1) is 19.0. The summed E-state index contributed by atoms with van der Waals surface area (Å²) in [5.74, 6) is 1.63. The topological polar surface area (TPSA) is 47.3 Å². The molecule has 1 atom stereocenters. The Balaban J connectivity index is 0.000000717. The van der Waals surface area contributed by atoms with E-state index in [4.69, 9.17) is 5.41 Å². The Morgan fingerprint density at radius 3 is 2.28 bits per heavy atom. The van der Waals surface area contributed by atoms with E-state index in [1.54, 1.807) is 0 Å². The molecule has 2 N–H and O–H groups in total. The lowest BCUT2D eigenvalue weighted by Gasteiger charge is -2.31. The third kappa shape index (κ3) is 14.4. The van der Waals surface area contributed by atoms with Gasteiger partial charge in [-0.25, -0.2) is 0 Å². The number of nitrogens with one attached hydrogen (secondary N) is 2. The van der Waals surface area contributed by atoms with E-state index in [1.165, 1.54) is 50.2 Å². The molecule has 2 aromatic rings. The first-order valence-corrected chi connectivity index (χ1v) is 15.6. The van der Waals surface area contributed by atoms with Crippen molar-refractivity contribution in [1.29, 1.82) is 5.41 Å². The van der Waals surface area contributed by atoms with Crippen LogP contribution >= 0.6 is 0 Å². The summed E-state index contributed by atoms with van der Waals surface area (Å²) in [6, 6.07) is 12.3. The van der Waals surface area contributed by atoms with E-state index in [0.717, 1.165) is 49.7 Å². The summed E-state index contributed by atoms with van der Waals surface area (Å²) in [6.45, 7) is 18.4. The maximum Gasteiger partial charge on any atom is 0.0997 e. The quantitative estimate of drug-likeness (QED) is 0.221. The number of piperidine rings is 1. The molecule has 39 heavy (non-hydrogen) atoms. The highest BCUT2D eigenvalue weighted by molar-refractivity contribution is 5.80. The second-order valence-corrected chi connectivity index (χ2v) is 9.72. The number of amidine groups is 1. The number of benzene rings is 1. The van der Waals surface area contributed by atoms with Crippen molar-refractivity contribution in [3.63, 3.8) is 0 Å². The highest BCUT2D eigenvalue weighted by atomic mass is 15.2. The van der Waals surface area contributed by atoms with Gasteiger partial charge in [0.15, 0.2) is 0 Å². The van der Waals surface area contributed by atoms with Crippen molar-refractivity contribution >= 4 is 11.5 Å². The van der Waals surface area contributed by atoms with Gasteiger partial charge < -0.3 is 19.7 Å². The fourth-order valence-electron chi connectivity index (χ4n) is 4.71. The van der Waals surface area contributed by atoms with Crippen molar-refractivity contribution in [2.75, 3.05) is 39.0 Å². The molecule has 0 spiro atoms. The van der Waals surface area contributed by atoms with Gasteiger partial charge in [-0.2, -0.15) is 0 Å².